The molecule has 0 aliphatic carbocycles. The predicted octanol–water partition coefficient (Wildman–Crippen LogP) is 2.19. The zero-order valence-electron chi connectivity index (χ0n) is 17.1. The van der Waals surface area contributed by atoms with Gasteiger partial charge in [0.1, 0.15) is 5.02 Å². The highest BCUT2D eigenvalue weighted by Gasteiger charge is 2.36. The van der Waals surface area contributed by atoms with E-state index in [4.69, 9.17) is 11.6 Å². The molecule has 0 spiro atoms. The summed E-state index contributed by atoms with van der Waals surface area (Å²) in [6, 6.07) is 16.2. The third-order valence-electron chi connectivity index (χ3n) is 5.83. The number of amides is 1. The Labute approximate surface area is 189 Å². The molecule has 2 aliphatic heterocycles. The fourth-order valence-corrected chi connectivity index (χ4v) is 4.36. The van der Waals surface area contributed by atoms with E-state index in [1.54, 1.807) is 36.5 Å². The number of carbonyl (C=O) groups is 2. The van der Waals surface area contributed by atoms with Gasteiger partial charge in [0, 0.05) is 26.2 Å². The number of ketones is 1. The molecule has 32 heavy (non-hydrogen) atoms. The Balaban J connectivity index is 1.29. The monoisotopic (exact) mass is 449 g/mol. The topological polar surface area (TPSA) is 78.8 Å². The van der Waals surface area contributed by atoms with Crippen LogP contribution in [0.2, 0.25) is 5.02 Å². The van der Waals surface area contributed by atoms with Crippen molar-refractivity contribution in [1.29, 1.82) is 0 Å². The van der Waals surface area contributed by atoms with E-state index in [9.17, 15) is 14.4 Å². The van der Waals surface area contributed by atoms with E-state index in [0.29, 0.717) is 55.5 Å². The molecule has 1 aromatic heterocycles. The molecular formula is C23H20ClN5O3. The van der Waals surface area contributed by atoms with Crippen LogP contribution in [0, 0.1) is 0 Å². The van der Waals surface area contributed by atoms with E-state index < -0.39 is 11.7 Å². The highest BCUT2D eigenvalue weighted by molar-refractivity contribution is 6.52. The summed E-state index contributed by atoms with van der Waals surface area (Å²) in [6.45, 7) is 2.88. The lowest BCUT2D eigenvalue weighted by molar-refractivity contribution is -0.114. The largest absolute Gasteiger partial charge is 0.366 e. The van der Waals surface area contributed by atoms with Gasteiger partial charge in [0.2, 0.25) is 0 Å². The standard InChI is InChI=1S/C23H20ClN5O3/c24-20-19(14-25-29(22(20)31)16-6-2-1-3-7-16)27-12-10-26(11-13-27)15-28-18-9-5-4-8-17(18)21(30)23(28)32/h1-9,14H,10-13,15H2. The summed E-state index contributed by atoms with van der Waals surface area (Å²) in [4.78, 5) is 43.1. The van der Waals surface area contributed by atoms with Gasteiger partial charge < -0.3 is 4.90 Å². The van der Waals surface area contributed by atoms with Gasteiger partial charge in [-0.2, -0.15) is 9.78 Å². The number of fused-ring (bicyclic) bond motifs is 1. The van der Waals surface area contributed by atoms with Crippen LogP contribution in [-0.4, -0.2) is 59.2 Å². The van der Waals surface area contributed by atoms with Crippen molar-refractivity contribution in [3.63, 3.8) is 0 Å². The number of piperazine rings is 1. The quantitative estimate of drug-likeness (QED) is 0.568. The number of carbonyl (C=O) groups excluding carboxylic acids is 2. The summed E-state index contributed by atoms with van der Waals surface area (Å²) in [7, 11) is 0. The molecule has 0 N–H and O–H groups in total. The van der Waals surface area contributed by atoms with Gasteiger partial charge in [-0.15, -0.1) is 0 Å². The van der Waals surface area contributed by atoms with Crippen LogP contribution in [0.1, 0.15) is 10.4 Å². The van der Waals surface area contributed by atoms with Gasteiger partial charge in [-0.25, -0.2) is 0 Å². The van der Waals surface area contributed by atoms with Crippen LogP contribution in [0.25, 0.3) is 5.69 Å². The number of halogens is 1. The molecule has 1 fully saturated rings. The minimum absolute atomic E-state index is 0.131. The summed E-state index contributed by atoms with van der Waals surface area (Å²) >= 11 is 6.43. The van der Waals surface area contributed by atoms with Crippen molar-refractivity contribution in [2.45, 2.75) is 0 Å². The van der Waals surface area contributed by atoms with Gasteiger partial charge in [-0.1, -0.05) is 41.9 Å². The molecule has 9 heteroatoms. The Kier molecular flexibility index (Phi) is 5.24. The Morgan fingerprint density at radius 3 is 2.28 bits per heavy atom. The number of anilines is 2. The van der Waals surface area contributed by atoms with Crippen molar-refractivity contribution in [3.05, 3.63) is 81.7 Å². The molecule has 2 aliphatic rings. The molecule has 162 valence electrons. The molecule has 3 heterocycles. The molecule has 0 unspecified atom stereocenters. The lowest BCUT2D eigenvalue weighted by Crippen LogP contribution is -2.51. The number of nitrogens with zero attached hydrogens (tertiary/aromatic N) is 5. The van der Waals surface area contributed by atoms with Gasteiger partial charge in [-0.05, 0) is 24.3 Å². The average molecular weight is 450 g/mol. The summed E-state index contributed by atoms with van der Waals surface area (Å²) < 4.78 is 1.29. The first-order valence-electron chi connectivity index (χ1n) is 10.3. The van der Waals surface area contributed by atoms with Crippen molar-refractivity contribution in [2.75, 3.05) is 42.6 Å². The molecule has 1 saturated heterocycles. The van der Waals surface area contributed by atoms with E-state index in [1.807, 2.05) is 29.2 Å². The van der Waals surface area contributed by atoms with E-state index in [0.717, 1.165) is 0 Å². The average Bonchev–Trinajstić information content (AvgIpc) is 3.07. The van der Waals surface area contributed by atoms with Crippen LogP contribution in [0.4, 0.5) is 11.4 Å². The van der Waals surface area contributed by atoms with Gasteiger partial charge in [0.15, 0.2) is 0 Å². The molecular weight excluding hydrogens is 430 g/mol. The van der Waals surface area contributed by atoms with Crippen molar-refractivity contribution < 1.29 is 9.59 Å². The summed E-state index contributed by atoms with van der Waals surface area (Å²) in [5.41, 5.74) is 1.99. The predicted molar refractivity (Wildman–Crippen MR) is 122 cm³/mol. The summed E-state index contributed by atoms with van der Waals surface area (Å²) in [5, 5.41) is 4.44. The lowest BCUT2D eigenvalue weighted by atomic mass is 10.1. The molecule has 0 atom stereocenters. The maximum absolute atomic E-state index is 12.8. The van der Waals surface area contributed by atoms with Gasteiger partial charge in [-0.3, -0.25) is 24.2 Å². The Bertz CT molecular complexity index is 1250. The fourth-order valence-electron chi connectivity index (χ4n) is 4.12. The first kappa shape index (κ1) is 20.4. The Hall–Kier alpha value is -3.49. The van der Waals surface area contributed by atoms with E-state index in [2.05, 4.69) is 10.00 Å². The van der Waals surface area contributed by atoms with Crippen LogP contribution in [0.15, 0.2) is 65.6 Å². The van der Waals surface area contributed by atoms with E-state index in [1.165, 1.54) is 9.58 Å². The van der Waals surface area contributed by atoms with Crippen molar-refractivity contribution in [2.24, 2.45) is 0 Å². The molecule has 3 aromatic rings. The maximum Gasteiger partial charge on any atom is 0.300 e. The number of rotatable bonds is 4. The number of hydrogen-bond donors (Lipinski definition) is 0. The molecule has 5 rings (SSSR count). The van der Waals surface area contributed by atoms with Crippen molar-refractivity contribution >= 4 is 34.7 Å². The third kappa shape index (κ3) is 3.47. The fraction of sp³-hybridized carbons (Fsp3) is 0.217. The second-order valence-electron chi connectivity index (χ2n) is 7.72. The second kappa shape index (κ2) is 8.22. The molecule has 0 bridgehead atoms. The van der Waals surface area contributed by atoms with E-state index in [-0.39, 0.29) is 10.6 Å². The number of hydrogen-bond acceptors (Lipinski definition) is 6. The van der Waals surface area contributed by atoms with Crippen LogP contribution in [-0.2, 0) is 4.79 Å². The minimum Gasteiger partial charge on any atom is -0.366 e. The Morgan fingerprint density at radius 2 is 1.53 bits per heavy atom. The summed E-state index contributed by atoms with van der Waals surface area (Å²) in [5.74, 6) is -0.957. The highest BCUT2D eigenvalue weighted by Crippen LogP contribution is 2.29. The SMILES string of the molecule is O=C1C(=O)N(CN2CCN(c3cnn(-c4ccccc4)c(=O)c3Cl)CC2)c2ccccc21. The maximum atomic E-state index is 12.8. The third-order valence-corrected chi connectivity index (χ3v) is 6.19. The van der Waals surface area contributed by atoms with Gasteiger partial charge in [0.25, 0.3) is 11.3 Å². The second-order valence-corrected chi connectivity index (χ2v) is 8.10. The number of benzene rings is 2. The zero-order chi connectivity index (χ0) is 22.2. The summed E-state index contributed by atoms with van der Waals surface area (Å²) in [6.07, 6.45) is 1.62. The highest BCUT2D eigenvalue weighted by atomic mass is 35.5. The van der Waals surface area contributed by atoms with Crippen LogP contribution >= 0.6 is 11.6 Å². The zero-order valence-corrected chi connectivity index (χ0v) is 17.9. The molecule has 0 radical (unpaired) electrons. The molecule has 2 aromatic carbocycles. The van der Waals surface area contributed by atoms with Gasteiger partial charge in [0.05, 0.1) is 35.5 Å². The van der Waals surface area contributed by atoms with E-state index >= 15 is 0 Å². The van der Waals surface area contributed by atoms with Crippen LogP contribution < -0.4 is 15.4 Å². The first-order valence-corrected chi connectivity index (χ1v) is 10.7. The lowest BCUT2D eigenvalue weighted by Gasteiger charge is -2.37. The van der Waals surface area contributed by atoms with Crippen molar-refractivity contribution in [1.82, 2.24) is 14.7 Å². The molecule has 8 nitrogen and oxygen atoms in total. The van der Waals surface area contributed by atoms with Crippen molar-refractivity contribution in [3.8, 4) is 5.69 Å². The minimum atomic E-state index is -0.495. The van der Waals surface area contributed by atoms with Crippen LogP contribution in [0.5, 0.6) is 0 Å². The van der Waals surface area contributed by atoms with Gasteiger partial charge >= 0.3 is 5.91 Å². The molecule has 0 saturated carbocycles. The Morgan fingerprint density at radius 1 is 0.844 bits per heavy atom. The number of Topliss-reactive ketones (excluding diaryl/α,β-unsaturated/α-hetero) is 1. The number of aromatic nitrogens is 2. The number of para-hydroxylation sites is 2. The first-order chi connectivity index (χ1) is 15.5. The molecule has 1 amide bonds. The normalized spacial score (nSPS) is 16.5. The smallest absolute Gasteiger partial charge is 0.300 e. The van der Waals surface area contributed by atoms with Crippen LogP contribution in [0.3, 0.4) is 0 Å².